The molecule has 0 fully saturated rings. The number of rotatable bonds is 3. The van der Waals surface area contributed by atoms with Crippen LogP contribution < -0.4 is 10.3 Å². The van der Waals surface area contributed by atoms with E-state index in [0.29, 0.717) is 21.7 Å². The van der Waals surface area contributed by atoms with Gasteiger partial charge >= 0.3 is 0 Å². The quantitative estimate of drug-likeness (QED) is 0.668. The highest BCUT2D eigenvalue weighted by molar-refractivity contribution is 7.18. The van der Waals surface area contributed by atoms with Gasteiger partial charge in [0.15, 0.2) is 17.4 Å². The molecule has 140 valence electrons. The molecule has 0 aliphatic heterocycles. The van der Waals surface area contributed by atoms with Crippen molar-refractivity contribution in [2.45, 2.75) is 26.2 Å². The Balaban J connectivity index is 1.75. The van der Waals surface area contributed by atoms with Gasteiger partial charge in [-0.2, -0.15) is 0 Å². The van der Waals surface area contributed by atoms with Gasteiger partial charge in [-0.15, -0.1) is 11.3 Å². The van der Waals surface area contributed by atoms with Gasteiger partial charge in [-0.3, -0.25) is 4.79 Å². The molecule has 0 amide bonds. The maximum absolute atomic E-state index is 13.9. The highest BCUT2D eigenvalue weighted by Gasteiger charge is 2.23. The topological polar surface area (TPSA) is 55.0 Å². The van der Waals surface area contributed by atoms with Gasteiger partial charge in [-0.25, -0.2) is 9.37 Å². The summed E-state index contributed by atoms with van der Waals surface area (Å²) in [4.78, 5) is 22.0. The molecule has 0 unspecified atom stereocenters. The second-order valence-corrected chi connectivity index (χ2v) is 8.32. The molecule has 3 aromatic rings. The summed E-state index contributed by atoms with van der Waals surface area (Å²) in [6.45, 7) is 2.23. The van der Waals surface area contributed by atoms with Gasteiger partial charge in [0.2, 0.25) is 0 Å². The summed E-state index contributed by atoms with van der Waals surface area (Å²) < 4.78 is 18.8. The molecule has 1 aromatic carbocycles. The van der Waals surface area contributed by atoms with E-state index < -0.39 is 5.82 Å². The van der Waals surface area contributed by atoms with Crippen molar-refractivity contribution in [3.8, 4) is 5.75 Å². The van der Waals surface area contributed by atoms with E-state index in [2.05, 4.69) is 16.9 Å². The number of nitrogens with zero attached hydrogens (tertiary/aromatic N) is 1. The molecule has 0 spiro atoms. The summed E-state index contributed by atoms with van der Waals surface area (Å²) in [5, 5.41) is 0.934. The van der Waals surface area contributed by atoms with Crippen LogP contribution in [0.2, 0.25) is 0 Å². The molecule has 0 radical (unpaired) electrons. The van der Waals surface area contributed by atoms with E-state index in [1.165, 1.54) is 24.1 Å². The van der Waals surface area contributed by atoms with Crippen LogP contribution in [0.25, 0.3) is 21.3 Å². The van der Waals surface area contributed by atoms with E-state index >= 15 is 0 Å². The lowest BCUT2D eigenvalue weighted by Gasteiger charge is -2.17. The normalized spacial score (nSPS) is 17.2. The molecule has 0 saturated carbocycles. The molecule has 0 saturated heterocycles. The fourth-order valence-electron chi connectivity index (χ4n) is 3.45. The second-order valence-electron chi connectivity index (χ2n) is 6.83. The van der Waals surface area contributed by atoms with Crippen molar-refractivity contribution in [3.63, 3.8) is 0 Å². The number of ether oxygens (including phenoxy) is 1. The van der Waals surface area contributed by atoms with Crippen molar-refractivity contribution in [1.29, 1.82) is 0 Å². The highest BCUT2D eigenvalue weighted by atomic mass is 35.5. The number of nitrogens with one attached hydrogen (secondary N) is 1. The smallest absolute Gasteiger partial charge is 0.260 e. The van der Waals surface area contributed by atoms with Crippen LogP contribution in [-0.2, 0) is 12.8 Å². The second kappa shape index (κ2) is 7.09. The zero-order chi connectivity index (χ0) is 19.1. The number of aryl methyl sites for hydroxylation is 1. The third-order valence-electron chi connectivity index (χ3n) is 4.86. The number of aromatic nitrogens is 2. The molecule has 27 heavy (non-hydrogen) atoms. The number of methoxy groups -OCH3 is 1. The van der Waals surface area contributed by atoms with Crippen LogP contribution in [0.15, 0.2) is 23.0 Å². The predicted molar refractivity (Wildman–Crippen MR) is 108 cm³/mol. The molecular formula is C20H18ClFN2O2S. The molecule has 1 N–H and O–H groups in total. The summed E-state index contributed by atoms with van der Waals surface area (Å²) in [6.07, 6.45) is 4.56. The lowest BCUT2D eigenvalue weighted by Crippen LogP contribution is -2.14. The van der Waals surface area contributed by atoms with Gasteiger partial charge in [0, 0.05) is 4.88 Å². The Kier molecular flexibility index (Phi) is 4.78. The minimum atomic E-state index is -0.479. The van der Waals surface area contributed by atoms with Crippen LogP contribution in [0.5, 0.6) is 5.75 Å². The maximum Gasteiger partial charge on any atom is 0.260 e. The molecule has 0 bridgehead atoms. The molecule has 4 nitrogen and oxygen atoms in total. The van der Waals surface area contributed by atoms with E-state index in [4.69, 9.17) is 16.3 Å². The molecule has 1 atom stereocenters. The van der Waals surface area contributed by atoms with E-state index in [1.54, 1.807) is 23.5 Å². The average Bonchev–Trinajstić information content (AvgIpc) is 2.99. The Morgan fingerprint density at radius 3 is 3.04 bits per heavy atom. The largest absolute Gasteiger partial charge is 0.494 e. The van der Waals surface area contributed by atoms with Crippen LogP contribution in [0.3, 0.4) is 0 Å². The number of thiophene rings is 1. The standard InChI is InChI=1S/C20H18ClFN2O2S/c1-10-3-5-12-16(7-10)27-20-17(12)19(25)23-18(24-20)13(21)8-11-4-6-15(26-2)14(22)9-11/h4,6,8-10H,3,5,7H2,1-2H3,(H,23,24,25)/b13-8-/t10-/m0/s1. The fourth-order valence-corrected chi connectivity index (χ4v) is 5.05. The van der Waals surface area contributed by atoms with Gasteiger partial charge in [0.1, 0.15) is 4.83 Å². The zero-order valence-corrected chi connectivity index (χ0v) is 16.5. The van der Waals surface area contributed by atoms with Gasteiger partial charge in [-0.1, -0.05) is 24.6 Å². The molecule has 7 heteroatoms. The van der Waals surface area contributed by atoms with Gasteiger partial charge in [0.05, 0.1) is 17.5 Å². The van der Waals surface area contributed by atoms with E-state index in [-0.39, 0.29) is 22.2 Å². The Morgan fingerprint density at radius 1 is 1.48 bits per heavy atom. The predicted octanol–water partition coefficient (Wildman–Crippen LogP) is 4.99. The number of hydrogen-bond donors (Lipinski definition) is 1. The summed E-state index contributed by atoms with van der Waals surface area (Å²) in [6, 6.07) is 4.54. The molecule has 1 aliphatic rings. The Morgan fingerprint density at radius 2 is 2.30 bits per heavy atom. The number of fused-ring (bicyclic) bond motifs is 3. The van der Waals surface area contributed by atoms with Gasteiger partial charge in [-0.05, 0) is 54.5 Å². The Bertz CT molecular complexity index is 1120. The SMILES string of the molecule is COc1ccc(/C=C(\Cl)c2nc3sc4c(c3c(=O)[nH]2)CC[C@H](C)C4)cc1F. The summed E-state index contributed by atoms with van der Waals surface area (Å²) in [5.41, 5.74) is 1.51. The first-order valence-corrected chi connectivity index (χ1v) is 9.91. The first-order chi connectivity index (χ1) is 13.0. The van der Waals surface area contributed by atoms with Crippen LogP contribution in [0.1, 0.15) is 35.2 Å². The number of benzene rings is 1. The summed E-state index contributed by atoms with van der Waals surface area (Å²) in [5.74, 6) is 0.594. The first-order valence-electron chi connectivity index (χ1n) is 8.72. The third kappa shape index (κ3) is 3.39. The van der Waals surface area contributed by atoms with Crippen molar-refractivity contribution in [3.05, 3.63) is 56.2 Å². The third-order valence-corrected chi connectivity index (χ3v) is 6.30. The van der Waals surface area contributed by atoms with Crippen molar-refractivity contribution in [2.24, 2.45) is 5.92 Å². The van der Waals surface area contributed by atoms with Crippen LogP contribution >= 0.6 is 22.9 Å². The molecule has 2 heterocycles. The molecule has 1 aliphatic carbocycles. The number of hydrogen-bond acceptors (Lipinski definition) is 4. The summed E-state index contributed by atoms with van der Waals surface area (Å²) >= 11 is 7.94. The number of halogens is 2. The molecular weight excluding hydrogens is 387 g/mol. The highest BCUT2D eigenvalue weighted by Crippen LogP contribution is 2.36. The zero-order valence-electron chi connectivity index (χ0n) is 14.9. The minimum Gasteiger partial charge on any atom is -0.494 e. The van der Waals surface area contributed by atoms with Crippen molar-refractivity contribution >= 4 is 44.3 Å². The lowest BCUT2D eigenvalue weighted by atomic mass is 9.89. The van der Waals surface area contributed by atoms with E-state index in [9.17, 15) is 9.18 Å². The van der Waals surface area contributed by atoms with Crippen LogP contribution in [0.4, 0.5) is 4.39 Å². The van der Waals surface area contributed by atoms with Crippen molar-refractivity contribution in [2.75, 3.05) is 7.11 Å². The van der Waals surface area contributed by atoms with Crippen molar-refractivity contribution < 1.29 is 9.13 Å². The first kappa shape index (κ1) is 18.2. The summed E-state index contributed by atoms with van der Waals surface area (Å²) in [7, 11) is 1.41. The minimum absolute atomic E-state index is 0.162. The monoisotopic (exact) mass is 404 g/mol. The van der Waals surface area contributed by atoms with Crippen LogP contribution in [-0.4, -0.2) is 17.1 Å². The van der Waals surface area contributed by atoms with Gasteiger partial charge in [0.25, 0.3) is 5.56 Å². The van der Waals surface area contributed by atoms with E-state index in [0.717, 1.165) is 24.8 Å². The number of aromatic amines is 1. The Hall–Kier alpha value is -2.18. The Labute approximate surface area is 164 Å². The average molecular weight is 405 g/mol. The maximum atomic E-state index is 13.9. The van der Waals surface area contributed by atoms with Crippen molar-refractivity contribution in [1.82, 2.24) is 9.97 Å². The lowest BCUT2D eigenvalue weighted by molar-refractivity contribution is 0.386. The van der Waals surface area contributed by atoms with Gasteiger partial charge < -0.3 is 9.72 Å². The number of H-pyrrole nitrogens is 1. The molecule has 2 aromatic heterocycles. The molecule has 4 rings (SSSR count). The fraction of sp³-hybridized carbons (Fsp3) is 0.300. The van der Waals surface area contributed by atoms with Crippen LogP contribution in [0, 0.1) is 11.7 Å². The van der Waals surface area contributed by atoms with E-state index in [1.807, 2.05) is 0 Å².